The van der Waals surface area contributed by atoms with Gasteiger partial charge in [-0.25, -0.2) is 0 Å². The van der Waals surface area contributed by atoms with E-state index in [-0.39, 0.29) is 18.3 Å². The van der Waals surface area contributed by atoms with Crippen LogP contribution in [-0.4, -0.2) is 25.0 Å². The van der Waals surface area contributed by atoms with Crippen LogP contribution in [0.5, 0.6) is 0 Å². The van der Waals surface area contributed by atoms with E-state index in [0.717, 1.165) is 32.4 Å². The average Bonchev–Trinajstić information content (AvgIpc) is 3.08. The highest BCUT2D eigenvalue weighted by atomic mass is 35.5. The van der Waals surface area contributed by atoms with Crippen LogP contribution in [0, 0.1) is 5.92 Å². The third-order valence-electron chi connectivity index (χ3n) is 5.31. The fourth-order valence-electron chi connectivity index (χ4n) is 3.89. The zero-order valence-corrected chi connectivity index (χ0v) is 14.6. The number of hydrogen-bond donors (Lipinski definition) is 2. The van der Waals surface area contributed by atoms with Gasteiger partial charge in [-0.15, -0.1) is 12.4 Å². The van der Waals surface area contributed by atoms with E-state index in [1.54, 1.807) is 0 Å². The minimum Gasteiger partial charge on any atom is -0.353 e. The highest BCUT2D eigenvalue weighted by Gasteiger charge is 2.23. The Morgan fingerprint density at radius 1 is 1.09 bits per heavy atom. The van der Waals surface area contributed by atoms with Crippen LogP contribution in [0.1, 0.15) is 56.4 Å². The van der Waals surface area contributed by atoms with Crippen molar-refractivity contribution in [3.8, 4) is 0 Å². The quantitative estimate of drug-likeness (QED) is 0.862. The number of carbonyl (C=O) groups is 1. The average molecular weight is 337 g/mol. The van der Waals surface area contributed by atoms with Gasteiger partial charge in [-0.2, -0.15) is 0 Å². The normalized spacial score (nSPS) is 27.2. The van der Waals surface area contributed by atoms with Crippen LogP contribution in [0.3, 0.4) is 0 Å². The summed E-state index contributed by atoms with van der Waals surface area (Å²) in [5.41, 5.74) is 1.46. The van der Waals surface area contributed by atoms with Gasteiger partial charge in [-0.05, 0) is 69.0 Å². The number of amides is 1. The van der Waals surface area contributed by atoms with Crippen LogP contribution in [0.15, 0.2) is 30.3 Å². The summed E-state index contributed by atoms with van der Waals surface area (Å²) >= 11 is 0. The molecule has 3 nitrogen and oxygen atoms in total. The lowest BCUT2D eigenvalue weighted by Crippen LogP contribution is -2.37. The number of hydrogen-bond acceptors (Lipinski definition) is 2. The summed E-state index contributed by atoms with van der Waals surface area (Å²) in [4.78, 5) is 12.1. The monoisotopic (exact) mass is 336 g/mol. The Kier molecular flexibility index (Phi) is 7.38. The molecule has 1 amide bonds. The van der Waals surface area contributed by atoms with Gasteiger partial charge in [0, 0.05) is 12.5 Å². The zero-order chi connectivity index (χ0) is 15.2. The second-order valence-corrected chi connectivity index (χ2v) is 6.92. The molecule has 23 heavy (non-hydrogen) atoms. The Morgan fingerprint density at radius 3 is 2.48 bits per heavy atom. The Labute approximate surface area is 146 Å². The number of carbonyl (C=O) groups excluding carboxylic acids is 1. The highest BCUT2D eigenvalue weighted by molar-refractivity contribution is 5.85. The zero-order valence-electron chi connectivity index (χ0n) is 13.8. The lowest BCUT2D eigenvalue weighted by molar-refractivity contribution is -0.122. The van der Waals surface area contributed by atoms with E-state index in [2.05, 4.69) is 41.0 Å². The van der Waals surface area contributed by atoms with E-state index in [1.165, 1.54) is 24.8 Å². The third kappa shape index (κ3) is 5.50. The van der Waals surface area contributed by atoms with E-state index in [4.69, 9.17) is 0 Å². The highest BCUT2D eigenvalue weighted by Crippen LogP contribution is 2.32. The second-order valence-electron chi connectivity index (χ2n) is 6.92. The fraction of sp³-hybridized carbons (Fsp3) is 0.632. The minimum absolute atomic E-state index is 0. The fourth-order valence-corrected chi connectivity index (χ4v) is 3.89. The van der Waals surface area contributed by atoms with Crippen molar-refractivity contribution in [2.24, 2.45) is 5.92 Å². The molecule has 0 bridgehead atoms. The molecule has 1 saturated carbocycles. The standard InChI is InChI=1S/C19H28N2O.ClH/c22-19(11-6-15-12-13-20-14-15)21-18-9-7-17(8-10-18)16-4-2-1-3-5-16;/h1-5,15,17-18,20H,6-14H2,(H,21,22);1H. The lowest BCUT2D eigenvalue weighted by atomic mass is 9.82. The van der Waals surface area contributed by atoms with Crippen molar-refractivity contribution in [2.45, 2.75) is 56.9 Å². The van der Waals surface area contributed by atoms with Gasteiger partial charge < -0.3 is 10.6 Å². The van der Waals surface area contributed by atoms with Crippen LogP contribution in [0.4, 0.5) is 0 Å². The summed E-state index contributed by atoms with van der Waals surface area (Å²) in [5, 5.41) is 6.62. The molecule has 1 unspecified atom stereocenters. The van der Waals surface area contributed by atoms with Crippen molar-refractivity contribution < 1.29 is 4.79 Å². The van der Waals surface area contributed by atoms with Crippen molar-refractivity contribution in [1.82, 2.24) is 10.6 Å². The van der Waals surface area contributed by atoms with Gasteiger partial charge >= 0.3 is 0 Å². The van der Waals surface area contributed by atoms with Gasteiger partial charge in [0.1, 0.15) is 0 Å². The summed E-state index contributed by atoms with van der Waals surface area (Å²) in [6.45, 7) is 2.21. The van der Waals surface area contributed by atoms with Crippen molar-refractivity contribution in [3.05, 3.63) is 35.9 Å². The van der Waals surface area contributed by atoms with Crippen molar-refractivity contribution in [1.29, 1.82) is 0 Å². The maximum atomic E-state index is 12.1. The topological polar surface area (TPSA) is 41.1 Å². The Morgan fingerprint density at radius 2 is 1.83 bits per heavy atom. The van der Waals surface area contributed by atoms with Crippen molar-refractivity contribution in [2.75, 3.05) is 13.1 Å². The van der Waals surface area contributed by atoms with Gasteiger partial charge in [0.15, 0.2) is 0 Å². The van der Waals surface area contributed by atoms with E-state index in [9.17, 15) is 4.79 Å². The molecule has 0 radical (unpaired) electrons. The molecule has 1 saturated heterocycles. The summed E-state index contributed by atoms with van der Waals surface area (Å²) in [7, 11) is 0. The minimum atomic E-state index is 0. The summed E-state index contributed by atoms with van der Waals surface area (Å²) in [5.74, 6) is 1.65. The lowest BCUT2D eigenvalue weighted by Gasteiger charge is -2.29. The SMILES string of the molecule is Cl.O=C(CCC1CCNC1)NC1CCC(c2ccccc2)CC1. The molecule has 0 aromatic heterocycles. The molecule has 1 aromatic carbocycles. The maximum Gasteiger partial charge on any atom is 0.220 e. The molecule has 2 fully saturated rings. The van der Waals surface area contributed by atoms with Crippen molar-refractivity contribution >= 4 is 18.3 Å². The molecule has 1 heterocycles. The molecular formula is C19H29ClN2O. The van der Waals surface area contributed by atoms with E-state index in [1.807, 2.05) is 0 Å². The Hall–Kier alpha value is -1.06. The van der Waals surface area contributed by atoms with E-state index < -0.39 is 0 Å². The van der Waals surface area contributed by atoms with Gasteiger partial charge in [0.2, 0.25) is 5.91 Å². The summed E-state index contributed by atoms with van der Waals surface area (Å²) < 4.78 is 0. The predicted molar refractivity (Wildman–Crippen MR) is 97.0 cm³/mol. The van der Waals surface area contributed by atoms with Crippen LogP contribution >= 0.6 is 12.4 Å². The number of benzene rings is 1. The number of halogens is 1. The molecule has 3 rings (SSSR count). The van der Waals surface area contributed by atoms with Crippen LogP contribution in [0.25, 0.3) is 0 Å². The van der Waals surface area contributed by atoms with E-state index >= 15 is 0 Å². The van der Waals surface area contributed by atoms with Crippen LogP contribution in [0.2, 0.25) is 0 Å². The van der Waals surface area contributed by atoms with E-state index in [0.29, 0.717) is 24.3 Å². The molecule has 128 valence electrons. The second kappa shape index (κ2) is 9.29. The molecular weight excluding hydrogens is 308 g/mol. The van der Waals surface area contributed by atoms with Gasteiger partial charge in [-0.1, -0.05) is 30.3 Å². The first-order valence-electron chi connectivity index (χ1n) is 8.86. The first kappa shape index (κ1) is 18.3. The largest absolute Gasteiger partial charge is 0.353 e. The molecule has 2 aliphatic rings. The first-order chi connectivity index (χ1) is 10.8. The van der Waals surface area contributed by atoms with Crippen LogP contribution in [-0.2, 0) is 4.79 Å². The molecule has 1 aliphatic heterocycles. The molecule has 1 aromatic rings. The van der Waals surface area contributed by atoms with Gasteiger partial charge in [0.05, 0.1) is 0 Å². The third-order valence-corrected chi connectivity index (χ3v) is 5.31. The maximum absolute atomic E-state index is 12.1. The Balaban J connectivity index is 0.00000192. The number of nitrogens with one attached hydrogen (secondary N) is 2. The molecule has 1 atom stereocenters. The predicted octanol–water partition coefficient (Wildman–Crippen LogP) is 3.64. The van der Waals surface area contributed by atoms with Crippen LogP contribution < -0.4 is 10.6 Å². The van der Waals surface area contributed by atoms with Gasteiger partial charge in [0.25, 0.3) is 0 Å². The van der Waals surface area contributed by atoms with Gasteiger partial charge in [-0.3, -0.25) is 4.79 Å². The Bertz CT molecular complexity index is 466. The molecule has 0 spiro atoms. The summed E-state index contributed by atoms with van der Waals surface area (Å²) in [6, 6.07) is 11.2. The smallest absolute Gasteiger partial charge is 0.220 e. The summed E-state index contributed by atoms with van der Waals surface area (Å²) in [6.07, 6.45) is 7.61. The number of rotatable bonds is 5. The molecule has 1 aliphatic carbocycles. The van der Waals surface area contributed by atoms with Crippen molar-refractivity contribution in [3.63, 3.8) is 0 Å². The molecule has 2 N–H and O–H groups in total. The molecule has 4 heteroatoms. The first-order valence-corrected chi connectivity index (χ1v) is 8.86.